The highest BCUT2D eigenvalue weighted by molar-refractivity contribution is 6.60. The Hall–Kier alpha value is -2.07. The number of rotatable bonds is 8. The Bertz CT molecular complexity index is 649. The minimum atomic E-state index is -2.65. The number of esters is 2. The summed E-state index contributed by atoms with van der Waals surface area (Å²) in [6.45, 7) is 0.393. The summed E-state index contributed by atoms with van der Waals surface area (Å²) < 4.78 is 20.4. The molecule has 1 heterocycles. The molecule has 130 valence electrons. The third-order valence-electron chi connectivity index (χ3n) is 3.79. The lowest BCUT2D eigenvalue weighted by Gasteiger charge is -2.24. The Kier molecular flexibility index (Phi) is 5.83. The molecule has 0 radical (unpaired) electrons. The summed E-state index contributed by atoms with van der Waals surface area (Å²) in [5, 5.41) is 2.74. The zero-order chi connectivity index (χ0) is 17.7. The maximum absolute atomic E-state index is 12.1. The second-order valence-corrected chi connectivity index (χ2v) is 8.18. The molecule has 0 unspecified atom stereocenters. The highest BCUT2D eigenvalue weighted by Crippen LogP contribution is 2.21. The predicted molar refractivity (Wildman–Crippen MR) is 84.7 cm³/mol. The lowest BCUT2D eigenvalue weighted by Crippen LogP contribution is -2.43. The number of fused-ring (bicyclic) bond motifs is 1. The number of hydrogen-bond acceptors (Lipinski definition) is 7. The number of carbonyl (C=O) groups excluding carboxylic acids is 3. The van der Waals surface area contributed by atoms with Crippen molar-refractivity contribution in [1.82, 2.24) is 5.32 Å². The third-order valence-corrected chi connectivity index (χ3v) is 6.62. The van der Waals surface area contributed by atoms with Crippen molar-refractivity contribution in [2.75, 3.05) is 27.9 Å². The van der Waals surface area contributed by atoms with Gasteiger partial charge in [-0.05, 0) is 24.6 Å². The van der Waals surface area contributed by atoms with Gasteiger partial charge in [0.2, 0.25) is 0 Å². The van der Waals surface area contributed by atoms with Crippen molar-refractivity contribution < 1.29 is 32.4 Å². The summed E-state index contributed by atoms with van der Waals surface area (Å²) in [5.41, 5.74) is 0.568. The number of cyclic esters (lactones) is 2. The molecule has 1 aromatic rings. The molecule has 0 aliphatic carbocycles. The minimum Gasteiger partial charge on any atom is -0.386 e. The molecule has 0 saturated carbocycles. The van der Waals surface area contributed by atoms with Crippen molar-refractivity contribution in [2.24, 2.45) is 0 Å². The predicted octanol–water partition coefficient (Wildman–Crippen LogP) is 0.995. The maximum Gasteiger partial charge on any atom is 0.500 e. The van der Waals surface area contributed by atoms with Gasteiger partial charge in [0, 0.05) is 39.5 Å². The molecule has 0 fully saturated rings. The van der Waals surface area contributed by atoms with Crippen LogP contribution in [0.2, 0.25) is 6.04 Å². The van der Waals surface area contributed by atoms with Crippen LogP contribution in [0.15, 0.2) is 18.2 Å². The summed E-state index contributed by atoms with van der Waals surface area (Å²) in [7, 11) is 1.94. The van der Waals surface area contributed by atoms with Gasteiger partial charge in [-0.25, -0.2) is 9.59 Å². The van der Waals surface area contributed by atoms with E-state index in [2.05, 4.69) is 10.1 Å². The van der Waals surface area contributed by atoms with E-state index in [1.807, 2.05) is 0 Å². The smallest absolute Gasteiger partial charge is 0.386 e. The average Bonchev–Trinajstić information content (AvgIpc) is 2.89. The summed E-state index contributed by atoms with van der Waals surface area (Å²) in [5.74, 6) is -1.77. The third kappa shape index (κ3) is 3.70. The van der Waals surface area contributed by atoms with Gasteiger partial charge in [0.1, 0.15) is 0 Å². The number of carbonyl (C=O) groups is 3. The largest absolute Gasteiger partial charge is 0.500 e. The standard InChI is InChI=1S/C15H19NO7Si/c1-20-24(21-2,22-3)8-4-7-16-13(17)10-5-6-11-12(9-10)15(19)23-14(11)18/h5-6,9H,4,7-8H2,1-3H3,(H,16,17). The van der Waals surface area contributed by atoms with Gasteiger partial charge in [-0.1, -0.05) is 0 Å². The fraction of sp³-hybridized carbons (Fsp3) is 0.400. The number of hydrogen-bond donors (Lipinski definition) is 1. The normalized spacial score (nSPS) is 13.6. The molecule has 8 nitrogen and oxygen atoms in total. The van der Waals surface area contributed by atoms with Crippen LogP contribution in [-0.2, 0) is 18.0 Å². The van der Waals surface area contributed by atoms with E-state index in [4.69, 9.17) is 13.3 Å². The van der Waals surface area contributed by atoms with Crippen LogP contribution in [0.3, 0.4) is 0 Å². The second kappa shape index (κ2) is 7.66. The van der Waals surface area contributed by atoms with Crippen molar-refractivity contribution in [3.8, 4) is 0 Å². The van der Waals surface area contributed by atoms with Crippen LogP contribution in [-0.4, -0.2) is 54.5 Å². The van der Waals surface area contributed by atoms with Gasteiger partial charge in [0.15, 0.2) is 0 Å². The van der Waals surface area contributed by atoms with Crippen LogP contribution < -0.4 is 5.32 Å². The lowest BCUT2D eigenvalue weighted by molar-refractivity contribution is 0.0443. The average molecular weight is 353 g/mol. The molecular formula is C15H19NO7Si. The van der Waals surface area contributed by atoms with E-state index in [9.17, 15) is 14.4 Å². The Balaban J connectivity index is 1.91. The number of nitrogens with one attached hydrogen (secondary N) is 1. The zero-order valence-corrected chi connectivity index (χ0v) is 14.7. The summed E-state index contributed by atoms with van der Waals surface area (Å²) in [4.78, 5) is 35.0. The van der Waals surface area contributed by atoms with E-state index < -0.39 is 20.7 Å². The van der Waals surface area contributed by atoms with Crippen LogP contribution >= 0.6 is 0 Å². The maximum atomic E-state index is 12.1. The molecule has 1 N–H and O–H groups in total. The van der Waals surface area contributed by atoms with Gasteiger partial charge in [0.25, 0.3) is 5.91 Å². The first-order chi connectivity index (χ1) is 11.5. The number of amides is 1. The summed E-state index contributed by atoms with van der Waals surface area (Å²) in [6.07, 6.45) is 0.610. The zero-order valence-electron chi connectivity index (χ0n) is 13.7. The highest BCUT2D eigenvalue weighted by Gasteiger charge is 2.37. The van der Waals surface area contributed by atoms with E-state index in [-0.39, 0.29) is 22.6 Å². The molecule has 1 aliphatic heterocycles. The van der Waals surface area contributed by atoms with Gasteiger partial charge in [-0.2, -0.15) is 0 Å². The monoisotopic (exact) mass is 353 g/mol. The molecule has 0 spiro atoms. The Morgan fingerprint density at radius 2 is 1.71 bits per heavy atom. The van der Waals surface area contributed by atoms with Crippen LogP contribution in [0.25, 0.3) is 0 Å². The first-order valence-corrected chi connectivity index (χ1v) is 9.23. The van der Waals surface area contributed by atoms with Gasteiger partial charge in [-0.15, -0.1) is 0 Å². The summed E-state index contributed by atoms with van der Waals surface area (Å²) in [6, 6.07) is 4.81. The van der Waals surface area contributed by atoms with Crippen LogP contribution in [0, 0.1) is 0 Å². The van der Waals surface area contributed by atoms with Gasteiger partial charge >= 0.3 is 20.7 Å². The fourth-order valence-electron chi connectivity index (χ4n) is 2.39. The first-order valence-electron chi connectivity index (χ1n) is 7.30. The SMILES string of the molecule is CO[Si](CCCNC(=O)c1ccc2c(c1)C(=O)OC2=O)(OC)OC. The Morgan fingerprint density at radius 3 is 2.33 bits per heavy atom. The van der Waals surface area contributed by atoms with Crippen molar-refractivity contribution in [3.63, 3.8) is 0 Å². The lowest BCUT2D eigenvalue weighted by atomic mass is 10.1. The van der Waals surface area contributed by atoms with Gasteiger partial charge in [-0.3, -0.25) is 4.79 Å². The van der Waals surface area contributed by atoms with E-state index in [0.717, 1.165) is 0 Å². The molecule has 1 aliphatic rings. The Morgan fingerprint density at radius 1 is 1.08 bits per heavy atom. The van der Waals surface area contributed by atoms with Crippen molar-refractivity contribution in [1.29, 1.82) is 0 Å². The fourth-order valence-corrected chi connectivity index (χ4v) is 4.11. The Labute approximate surface area is 140 Å². The molecule has 24 heavy (non-hydrogen) atoms. The molecule has 2 rings (SSSR count). The van der Waals surface area contributed by atoms with Gasteiger partial charge < -0.3 is 23.3 Å². The summed E-state index contributed by atoms with van der Waals surface area (Å²) >= 11 is 0. The second-order valence-electron chi connectivity index (χ2n) is 5.09. The van der Waals surface area contributed by atoms with Crippen LogP contribution in [0.4, 0.5) is 0 Å². The molecule has 0 aromatic heterocycles. The molecule has 0 atom stereocenters. The number of benzene rings is 1. The molecule has 0 saturated heterocycles. The molecule has 1 aromatic carbocycles. The quantitative estimate of drug-likeness (QED) is 0.322. The molecule has 0 bridgehead atoms. The minimum absolute atomic E-state index is 0.109. The van der Waals surface area contributed by atoms with E-state index >= 15 is 0 Å². The van der Waals surface area contributed by atoms with Crippen molar-refractivity contribution in [3.05, 3.63) is 34.9 Å². The topological polar surface area (TPSA) is 100 Å². The first kappa shape index (κ1) is 18.3. The van der Waals surface area contributed by atoms with E-state index in [1.54, 1.807) is 0 Å². The van der Waals surface area contributed by atoms with E-state index in [0.29, 0.717) is 19.0 Å². The van der Waals surface area contributed by atoms with Crippen molar-refractivity contribution in [2.45, 2.75) is 12.5 Å². The molecular weight excluding hydrogens is 334 g/mol. The van der Waals surface area contributed by atoms with Crippen LogP contribution in [0.5, 0.6) is 0 Å². The highest BCUT2D eigenvalue weighted by atomic mass is 28.4. The molecule has 9 heteroatoms. The van der Waals surface area contributed by atoms with E-state index in [1.165, 1.54) is 39.5 Å². The van der Waals surface area contributed by atoms with Crippen LogP contribution in [0.1, 0.15) is 37.5 Å². The van der Waals surface area contributed by atoms with Crippen molar-refractivity contribution >= 4 is 26.7 Å². The number of ether oxygens (including phenoxy) is 1. The molecule has 1 amide bonds. The van der Waals surface area contributed by atoms with Gasteiger partial charge in [0.05, 0.1) is 11.1 Å².